The summed E-state index contributed by atoms with van der Waals surface area (Å²) in [4.78, 5) is 23.5. The van der Waals surface area contributed by atoms with Gasteiger partial charge in [-0.15, -0.1) is 0 Å². The molecule has 0 radical (unpaired) electrons. The number of primary amides is 1. The lowest BCUT2D eigenvalue weighted by atomic mass is 9.98. The third-order valence-electron chi connectivity index (χ3n) is 5.80. The molecule has 0 saturated carbocycles. The minimum atomic E-state index is -3.76. The summed E-state index contributed by atoms with van der Waals surface area (Å²) in [5, 5.41) is 3.81. The highest BCUT2D eigenvalue weighted by Crippen LogP contribution is 2.36. The normalized spacial score (nSPS) is 11.5. The average molecular weight is 572 g/mol. The van der Waals surface area contributed by atoms with Crippen LogP contribution in [0.3, 0.4) is 0 Å². The van der Waals surface area contributed by atoms with Crippen molar-refractivity contribution in [3.05, 3.63) is 112 Å². The monoisotopic (exact) mass is 571 g/mol. The van der Waals surface area contributed by atoms with E-state index in [1.165, 1.54) is 10.4 Å². The van der Waals surface area contributed by atoms with Crippen LogP contribution < -0.4 is 15.4 Å². The number of hydrogen-bond acceptors (Lipinski definition) is 4. The second-order valence-electron chi connectivity index (χ2n) is 8.69. The number of carbonyl (C=O) groups excluding carboxylic acids is 2. The first-order valence-electron chi connectivity index (χ1n) is 11.5. The molecule has 3 N–H and O–H groups in total. The van der Waals surface area contributed by atoms with E-state index in [9.17, 15) is 18.0 Å². The van der Waals surface area contributed by atoms with E-state index in [-0.39, 0.29) is 24.6 Å². The molecule has 0 aliphatic heterocycles. The molecule has 3 aromatic carbocycles. The molecular formula is C27H25Cl2N4O4S-. The van der Waals surface area contributed by atoms with Gasteiger partial charge in [0, 0.05) is 28.6 Å². The average Bonchev–Trinajstić information content (AvgIpc) is 2.83. The van der Waals surface area contributed by atoms with E-state index in [4.69, 9.17) is 28.9 Å². The number of carbonyl (C=O) groups is 2. The molecule has 0 saturated heterocycles. The Labute approximate surface area is 231 Å². The molecule has 4 rings (SSSR count). The molecule has 8 nitrogen and oxygen atoms in total. The molecule has 0 aliphatic rings. The van der Waals surface area contributed by atoms with Crippen LogP contribution in [-0.2, 0) is 14.8 Å². The lowest BCUT2D eigenvalue weighted by Crippen LogP contribution is -2.30. The molecule has 0 unspecified atom stereocenters. The van der Waals surface area contributed by atoms with Gasteiger partial charge in [0.2, 0.25) is 15.9 Å². The predicted molar refractivity (Wildman–Crippen MR) is 150 cm³/mol. The van der Waals surface area contributed by atoms with E-state index in [0.717, 1.165) is 17.4 Å². The lowest BCUT2D eigenvalue weighted by molar-refractivity contribution is -0.117. The summed E-state index contributed by atoms with van der Waals surface area (Å²) < 4.78 is 28.8. The number of amides is 2. The van der Waals surface area contributed by atoms with Crippen molar-refractivity contribution in [1.82, 2.24) is 9.88 Å². The Hall–Kier alpha value is -3.66. The molecule has 0 spiro atoms. The Morgan fingerprint density at radius 2 is 1.55 bits per heavy atom. The molecule has 4 aromatic rings. The van der Waals surface area contributed by atoms with Crippen LogP contribution in [-0.4, -0.2) is 37.6 Å². The highest BCUT2D eigenvalue weighted by atomic mass is 35.5. The van der Waals surface area contributed by atoms with Gasteiger partial charge < -0.3 is 15.6 Å². The molecule has 1 heterocycles. The second kappa shape index (κ2) is 11.4. The van der Waals surface area contributed by atoms with Crippen molar-refractivity contribution in [2.75, 3.05) is 17.1 Å². The van der Waals surface area contributed by atoms with E-state index in [1.54, 1.807) is 54.9 Å². The third kappa shape index (κ3) is 6.42. The molecule has 2 amide bonds. The number of aromatic nitrogens is 1. The van der Waals surface area contributed by atoms with Crippen molar-refractivity contribution in [3.8, 4) is 0 Å². The van der Waals surface area contributed by atoms with Gasteiger partial charge in [-0.05, 0) is 59.3 Å². The summed E-state index contributed by atoms with van der Waals surface area (Å²) in [6, 6.07) is 20.8. The van der Waals surface area contributed by atoms with Crippen molar-refractivity contribution in [3.63, 3.8) is 0 Å². The van der Waals surface area contributed by atoms with Gasteiger partial charge in [-0.2, -0.15) is 0 Å². The number of nitrogens with zero attached hydrogens (tertiary/aromatic N) is 2. The standard InChI is InChI=1S/C27H25Cl2N4O4S/c1-38(36,37)33(23-4-2-3-20(15-23)27(35)31-14-13-25(30)34)24-16-32(17-24)26(18-5-9-21(28)10-6-18)19-7-11-22(29)12-8-19/h2-12,15-17,26H,13-14H2,1H3,(H2,30,34)(H,31,35)/q-1. The number of nitrogens with two attached hydrogens (primary N) is 1. The second-order valence-corrected chi connectivity index (χ2v) is 11.4. The van der Waals surface area contributed by atoms with E-state index in [0.29, 0.717) is 21.4 Å². The zero-order valence-corrected chi connectivity index (χ0v) is 22.7. The van der Waals surface area contributed by atoms with Gasteiger partial charge in [0.15, 0.2) is 0 Å². The molecule has 0 fully saturated rings. The fourth-order valence-corrected chi connectivity index (χ4v) is 5.31. The molecule has 0 atom stereocenters. The van der Waals surface area contributed by atoms with Crippen molar-refractivity contribution >= 4 is 56.4 Å². The van der Waals surface area contributed by atoms with Crippen molar-refractivity contribution in [2.45, 2.75) is 12.5 Å². The zero-order valence-electron chi connectivity index (χ0n) is 20.3. The summed E-state index contributed by atoms with van der Waals surface area (Å²) in [5.41, 5.74) is 7.98. The minimum Gasteiger partial charge on any atom is -0.445 e. The summed E-state index contributed by atoms with van der Waals surface area (Å²) >= 11 is 12.2. The minimum absolute atomic E-state index is 0.000974. The zero-order chi connectivity index (χ0) is 27.4. The van der Waals surface area contributed by atoms with E-state index >= 15 is 0 Å². The summed E-state index contributed by atoms with van der Waals surface area (Å²) in [6.45, 7) is 0.0822. The van der Waals surface area contributed by atoms with Gasteiger partial charge in [-0.25, -0.2) is 8.42 Å². The molecule has 1 aromatic heterocycles. The fourth-order valence-electron chi connectivity index (χ4n) is 4.08. The molecule has 11 heteroatoms. The van der Waals surface area contributed by atoms with Crippen LogP contribution in [0.4, 0.5) is 11.4 Å². The van der Waals surface area contributed by atoms with Gasteiger partial charge in [0.05, 0.1) is 18.0 Å². The molecule has 38 heavy (non-hydrogen) atoms. The Morgan fingerprint density at radius 1 is 1.00 bits per heavy atom. The molecular weight excluding hydrogens is 547 g/mol. The first-order valence-corrected chi connectivity index (χ1v) is 14.2. The van der Waals surface area contributed by atoms with E-state index < -0.39 is 21.8 Å². The van der Waals surface area contributed by atoms with Crippen LogP contribution >= 0.6 is 23.2 Å². The Kier molecular flexibility index (Phi) is 8.20. The van der Waals surface area contributed by atoms with Crippen LogP contribution in [0.2, 0.25) is 10.0 Å². The third-order valence-corrected chi connectivity index (χ3v) is 7.39. The smallest absolute Gasteiger partial charge is 0.251 e. The maximum Gasteiger partial charge on any atom is 0.251 e. The number of nitrogens with one attached hydrogen (secondary N) is 1. The van der Waals surface area contributed by atoms with E-state index in [2.05, 4.69) is 5.32 Å². The van der Waals surface area contributed by atoms with Crippen LogP contribution in [0.15, 0.2) is 85.2 Å². The number of rotatable bonds is 10. The van der Waals surface area contributed by atoms with Crippen molar-refractivity contribution in [1.29, 1.82) is 0 Å². The Bertz CT molecular complexity index is 1490. The molecule has 0 aliphatic carbocycles. The lowest BCUT2D eigenvalue weighted by Gasteiger charge is -2.36. The van der Waals surface area contributed by atoms with Gasteiger partial charge in [0.25, 0.3) is 5.91 Å². The first kappa shape index (κ1) is 27.4. The van der Waals surface area contributed by atoms with Gasteiger partial charge in [-0.1, -0.05) is 65.9 Å². The molecule has 0 bridgehead atoms. The Morgan fingerprint density at radius 3 is 2.05 bits per heavy atom. The van der Waals surface area contributed by atoms with Crippen LogP contribution in [0, 0.1) is 0 Å². The summed E-state index contributed by atoms with van der Waals surface area (Å²) in [7, 11) is -3.76. The summed E-state index contributed by atoms with van der Waals surface area (Å²) in [6.07, 6.45) is 4.56. The largest absolute Gasteiger partial charge is 0.445 e. The quantitative estimate of drug-likeness (QED) is 0.264. The van der Waals surface area contributed by atoms with Crippen LogP contribution in [0.1, 0.15) is 33.9 Å². The SMILES string of the molecule is CS(=O)(=O)N(c1cccc(C(=O)NCCC(N)=O)c1)c1cn(C(c2ccc(Cl)cc2)c2ccc(Cl)cc2)[cH-]1. The van der Waals surface area contributed by atoms with Crippen molar-refractivity contribution < 1.29 is 18.0 Å². The maximum absolute atomic E-state index is 12.9. The topological polar surface area (TPSA) is 114 Å². The predicted octanol–water partition coefficient (Wildman–Crippen LogP) is 4.85. The number of hydrogen-bond donors (Lipinski definition) is 2. The highest BCUT2D eigenvalue weighted by molar-refractivity contribution is 7.92. The Balaban J connectivity index is 1.67. The number of halogens is 2. The van der Waals surface area contributed by atoms with Gasteiger partial charge in [-0.3, -0.25) is 13.9 Å². The van der Waals surface area contributed by atoms with Crippen LogP contribution in [0.5, 0.6) is 0 Å². The van der Waals surface area contributed by atoms with Crippen molar-refractivity contribution in [2.24, 2.45) is 5.73 Å². The fraction of sp³-hybridized carbons (Fsp3) is 0.148. The first-order chi connectivity index (χ1) is 18.0. The maximum atomic E-state index is 12.9. The summed E-state index contributed by atoms with van der Waals surface area (Å²) in [5.74, 6) is -0.977. The number of anilines is 2. The molecule has 198 valence electrons. The number of benzene rings is 3. The van der Waals surface area contributed by atoms with Crippen LogP contribution in [0.25, 0.3) is 0 Å². The highest BCUT2D eigenvalue weighted by Gasteiger charge is 2.23. The van der Waals surface area contributed by atoms with Gasteiger partial charge >= 0.3 is 0 Å². The van der Waals surface area contributed by atoms with E-state index in [1.807, 2.05) is 28.8 Å². The number of sulfonamides is 1. The van der Waals surface area contributed by atoms with Gasteiger partial charge in [0.1, 0.15) is 0 Å².